The van der Waals surface area contributed by atoms with Crippen LogP contribution >= 0.6 is 61.0 Å². The van der Waals surface area contributed by atoms with Gasteiger partial charge >= 0.3 is 0 Å². The minimum atomic E-state index is -0.899. The molecule has 0 amide bonds. The maximum Gasteiger partial charge on any atom is 0.0254 e. The molecule has 0 spiro atoms. The van der Waals surface area contributed by atoms with Gasteiger partial charge in [-0.25, -0.2) is 0 Å². The molecule has 0 saturated carbocycles. The fourth-order valence-electron chi connectivity index (χ4n) is 7.13. The van der Waals surface area contributed by atoms with Gasteiger partial charge in [0.2, 0.25) is 0 Å². The Hall–Kier alpha value is -3.40. The average Bonchev–Trinajstić information content (AvgIpc) is 3.19. The molecule has 8 rings (SSSR count). The maximum absolute atomic E-state index is 2.61. The fraction of sp³-hybridized carbons (Fsp3) is 0.0435. The molecule has 0 radical (unpaired) electrons. The first-order chi connectivity index (χ1) is 24.8. The van der Waals surface area contributed by atoms with Gasteiger partial charge in [-0.1, -0.05) is 215 Å². The van der Waals surface area contributed by atoms with Gasteiger partial charge in [-0.3, -0.25) is 0 Å². The predicted octanol–water partition coefficient (Wildman–Crippen LogP) is 11.0. The number of fused-ring (bicyclic) bond motifs is 2. The second kappa shape index (κ2) is 15.5. The SMILES string of the molecule is ICc1cc2ccccc2c(-c2c(P(c3ccccc3)c3ccccc3)c(CI)cc3ccccc23)c1P(c1ccccc1)c1ccccc1. The van der Waals surface area contributed by atoms with Crippen molar-refractivity contribution in [3.63, 3.8) is 0 Å². The summed E-state index contributed by atoms with van der Waals surface area (Å²) in [7, 11) is -1.80. The molecule has 50 heavy (non-hydrogen) atoms. The Morgan fingerprint density at radius 3 is 0.920 bits per heavy atom. The molecule has 0 aliphatic rings. The third kappa shape index (κ3) is 6.46. The Balaban J connectivity index is 1.61. The van der Waals surface area contributed by atoms with Crippen molar-refractivity contribution in [3.8, 4) is 11.1 Å². The summed E-state index contributed by atoms with van der Waals surface area (Å²) in [6.07, 6.45) is 0. The van der Waals surface area contributed by atoms with Crippen molar-refractivity contribution in [1.29, 1.82) is 0 Å². The highest BCUT2D eigenvalue weighted by atomic mass is 127. The number of rotatable bonds is 9. The predicted molar refractivity (Wildman–Crippen MR) is 240 cm³/mol. The van der Waals surface area contributed by atoms with Crippen molar-refractivity contribution in [1.82, 2.24) is 0 Å². The van der Waals surface area contributed by atoms with Gasteiger partial charge in [0.1, 0.15) is 0 Å². The van der Waals surface area contributed by atoms with Crippen molar-refractivity contribution >= 4 is 114 Å². The highest BCUT2D eigenvalue weighted by Crippen LogP contribution is 2.48. The summed E-state index contributed by atoms with van der Waals surface area (Å²) < 4.78 is 1.85. The summed E-state index contributed by atoms with van der Waals surface area (Å²) in [5, 5.41) is 13.7. The van der Waals surface area contributed by atoms with Gasteiger partial charge in [0.15, 0.2) is 0 Å². The van der Waals surface area contributed by atoms with Crippen LogP contribution in [-0.2, 0) is 8.86 Å². The van der Waals surface area contributed by atoms with E-state index in [2.05, 4.69) is 227 Å². The van der Waals surface area contributed by atoms with Gasteiger partial charge in [0.05, 0.1) is 0 Å². The first-order valence-electron chi connectivity index (χ1n) is 16.8. The first-order valence-corrected chi connectivity index (χ1v) is 22.5. The van der Waals surface area contributed by atoms with Gasteiger partial charge in [0.25, 0.3) is 0 Å². The lowest BCUT2D eigenvalue weighted by Crippen LogP contribution is -2.29. The molecule has 0 N–H and O–H groups in total. The van der Waals surface area contributed by atoms with E-state index in [0.717, 1.165) is 8.86 Å². The van der Waals surface area contributed by atoms with Crippen LogP contribution in [0.25, 0.3) is 32.7 Å². The van der Waals surface area contributed by atoms with Gasteiger partial charge in [-0.15, -0.1) is 0 Å². The lowest BCUT2D eigenvalue weighted by Gasteiger charge is -2.31. The van der Waals surface area contributed by atoms with Crippen LogP contribution in [0.5, 0.6) is 0 Å². The van der Waals surface area contributed by atoms with E-state index in [9.17, 15) is 0 Å². The normalized spacial score (nSPS) is 11.5. The summed E-state index contributed by atoms with van der Waals surface area (Å²) in [6.45, 7) is 0. The molecule has 0 aromatic heterocycles. The van der Waals surface area contributed by atoms with E-state index in [-0.39, 0.29) is 0 Å². The largest absolute Gasteiger partial charge is 0.0812 e. The second-order valence-electron chi connectivity index (χ2n) is 12.2. The molecule has 4 heteroatoms. The summed E-state index contributed by atoms with van der Waals surface area (Å²) in [5.41, 5.74) is 5.62. The summed E-state index contributed by atoms with van der Waals surface area (Å²) in [4.78, 5) is 0. The monoisotopic (exact) mass is 902 g/mol. The van der Waals surface area contributed by atoms with Crippen molar-refractivity contribution < 1.29 is 0 Å². The van der Waals surface area contributed by atoms with Crippen molar-refractivity contribution in [3.05, 3.63) is 193 Å². The van der Waals surface area contributed by atoms with Crippen molar-refractivity contribution in [2.75, 3.05) is 0 Å². The zero-order chi connectivity index (χ0) is 33.9. The van der Waals surface area contributed by atoms with Crippen LogP contribution in [0.4, 0.5) is 0 Å². The number of halogens is 2. The lowest BCUT2D eigenvalue weighted by molar-refractivity contribution is 1.51. The maximum atomic E-state index is 2.61. The summed E-state index contributed by atoms with van der Waals surface area (Å²) >= 11 is 5.21. The van der Waals surface area contributed by atoms with E-state index in [0.29, 0.717) is 0 Å². The number of benzene rings is 8. The van der Waals surface area contributed by atoms with Crippen LogP contribution in [0, 0.1) is 0 Å². The third-order valence-corrected chi connectivity index (χ3v) is 16.1. The molecule has 0 aliphatic heterocycles. The summed E-state index contributed by atoms with van der Waals surface area (Å²) in [5.74, 6) is 0. The molecule has 8 aromatic rings. The molecule has 0 fully saturated rings. The second-order valence-corrected chi connectivity index (χ2v) is 18.1. The van der Waals surface area contributed by atoms with Crippen molar-refractivity contribution in [2.45, 2.75) is 8.86 Å². The van der Waals surface area contributed by atoms with Gasteiger partial charge in [-0.2, -0.15) is 0 Å². The van der Waals surface area contributed by atoms with Crippen LogP contribution in [0.15, 0.2) is 182 Å². The van der Waals surface area contributed by atoms with Crippen LogP contribution in [-0.4, -0.2) is 0 Å². The molecular formula is C46H34I2P2. The van der Waals surface area contributed by atoms with Gasteiger partial charge < -0.3 is 0 Å². The lowest BCUT2D eigenvalue weighted by atomic mass is 9.91. The van der Waals surface area contributed by atoms with Crippen LogP contribution in [0.2, 0.25) is 0 Å². The van der Waals surface area contributed by atoms with E-state index < -0.39 is 15.8 Å². The Kier molecular flexibility index (Phi) is 10.4. The molecule has 0 nitrogen and oxygen atoms in total. The highest BCUT2D eigenvalue weighted by molar-refractivity contribution is 14.1. The van der Waals surface area contributed by atoms with Crippen LogP contribution in [0.1, 0.15) is 11.1 Å². The van der Waals surface area contributed by atoms with Crippen LogP contribution < -0.4 is 31.8 Å². The quantitative estimate of drug-likeness (QED) is 0.0769. The molecule has 8 aromatic carbocycles. The number of alkyl halides is 2. The Bertz CT molecular complexity index is 2140. The molecule has 0 bridgehead atoms. The standard InChI is InChI=1S/C46H34I2P2/c47-31-35-29-33-17-13-15-27-41(33)43(45(35)49(37-19-5-1-6-20-37)38-21-7-2-8-22-38)44-42-28-16-14-18-34(42)30-36(32-48)46(44)50(39-23-9-3-10-24-39)40-25-11-4-12-26-40/h1-30H,31-32H2. The minimum Gasteiger partial charge on any atom is -0.0812 e. The zero-order valence-corrected chi connectivity index (χ0v) is 33.5. The van der Waals surface area contributed by atoms with E-state index in [1.54, 1.807) is 0 Å². The zero-order valence-electron chi connectivity index (χ0n) is 27.4. The Labute approximate surface area is 324 Å². The first kappa shape index (κ1) is 33.7. The van der Waals surface area contributed by atoms with Crippen LogP contribution in [0.3, 0.4) is 0 Å². The van der Waals surface area contributed by atoms with E-state index in [4.69, 9.17) is 0 Å². The van der Waals surface area contributed by atoms with Gasteiger partial charge in [-0.05, 0) is 104 Å². The molecule has 0 unspecified atom stereocenters. The molecule has 0 atom stereocenters. The third-order valence-electron chi connectivity index (χ3n) is 9.24. The van der Waals surface area contributed by atoms with E-state index in [1.165, 1.54) is 75.6 Å². The number of hydrogen-bond donors (Lipinski definition) is 0. The smallest absolute Gasteiger partial charge is 0.0254 e. The Morgan fingerprint density at radius 2 is 0.620 bits per heavy atom. The molecule has 0 saturated heterocycles. The Morgan fingerprint density at radius 1 is 0.340 bits per heavy atom. The molecule has 242 valence electrons. The highest BCUT2D eigenvalue weighted by Gasteiger charge is 2.31. The molecular weight excluding hydrogens is 868 g/mol. The molecule has 0 aliphatic carbocycles. The number of hydrogen-bond acceptors (Lipinski definition) is 0. The topological polar surface area (TPSA) is 0 Å². The fourth-order valence-corrected chi connectivity index (χ4v) is 14.2. The summed E-state index contributed by atoms with van der Waals surface area (Å²) in [6, 6.07) is 68.2. The van der Waals surface area contributed by atoms with E-state index >= 15 is 0 Å². The van der Waals surface area contributed by atoms with E-state index in [1.807, 2.05) is 0 Å². The minimum absolute atomic E-state index is 0.899. The van der Waals surface area contributed by atoms with Crippen molar-refractivity contribution in [2.24, 2.45) is 0 Å². The molecule has 0 heterocycles. The van der Waals surface area contributed by atoms with Gasteiger partial charge in [0, 0.05) is 8.86 Å². The average molecular weight is 903 g/mol.